The van der Waals surface area contributed by atoms with Crippen molar-refractivity contribution >= 4 is 11.6 Å². The van der Waals surface area contributed by atoms with Gasteiger partial charge in [0, 0.05) is 45.3 Å². The van der Waals surface area contributed by atoms with Gasteiger partial charge in [0.2, 0.25) is 5.91 Å². The van der Waals surface area contributed by atoms with Crippen LogP contribution in [0.1, 0.15) is 32.8 Å². The zero-order chi connectivity index (χ0) is 15.9. The van der Waals surface area contributed by atoms with Gasteiger partial charge >= 0.3 is 0 Å². The third-order valence-corrected chi connectivity index (χ3v) is 4.21. The second kappa shape index (κ2) is 8.30. The predicted molar refractivity (Wildman–Crippen MR) is 91.9 cm³/mol. The number of anilines is 1. The molecular formula is C18H29N3O. The molecule has 22 heavy (non-hydrogen) atoms. The van der Waals surface area contributed by atoms with Crippen molar-refractivity contribution < 1.29 is 4.79 Å². The summed E-state index contributed by atoms with van der Waals surface area (Å²) in [6.45, 7) is 12.8. The van der Waals surface area contributed by atoms with Crippen LogP contribution in [0.15, 0.2) is 24.3 Å². The van der Waals surface area contributed by atoms with Gasteiger partial charge in [0.15, 0.2) is 0 Å². The van der Waals surface area contributed by atoms with Crippen LogP contribution in [0.4, 0.5) is 5.69 Å². The molecule has 0 unspecified atom stereocenters. The standard InChI is InChI=1S/C18H29N3O/c1-15(2)8-9-20-10-12-21(13-11-20)14-17-6-4-5-7-18(17)19-16(3)22/h4-7,15H,8-14H2,1-3H3,(H,19,22). The Labute approximate surface area is 134 Å². The molecule has 0 radical (unpaired) electrons. The van der Waals surface area contributed by atoms with Crippen molar-refractivity contribution in [2.75, 3.05) is 38.0 Å². The number of benzene rings is 1. The maximum absolute atomic E-state index is 11.3. The molecule has 0 bridgehead atoms. The van der Waals surface area contributed by atoms with Crippen LogP contribution in [0.3, 0.4) is 0 Å². The third-order valence-electron chi connectivity index (χ3n) is 4.21. The lowest BCUT2D eigenvalue weighted by molar-refractivity contribution is -0.114. The fourth-order valence-electron chi connectivity index (χ4n) is 2.82. The van der Waals surface area contributed by atoms with Gasteiger partial charge in [0.25, 0.3) is 0 Å². The number of hydrogen-bond donors (Lipinski definition) is 1. The van der Waals surface area contributed by atoms with Crippen molar-refractivity contribution in [1.29, 1.82) is 0 Å². The van der Waals surface area contributed by atoms with Gasteiger partial charge in [-0.25, -0.2) is 0 Å². The quantitative estimate of drug-likeness (QED) is 0.878. The molecule has 4 heteroatoms. The number of rotatable bonds is 6. The van der Waals surface area contributed by atoms with E-state index in [0.29, 0.717) is 0 Å². The summed E-state index contributed by atoms with van der Waals surface area (Å²) in [6, 6.07) is 8.10. The van der Waals surface area contributed by atoms with Crippen molar-refractivity contribution in [2.45, 2.75) is 33.7 Å². The first kappa shape index (κ1) is 17.0. The highest BCUT2D eigenvalue weighted by molar-refractivity contribution is 5.89. The van der Waals surface area contributed by atoms with Crippen molar-refractivity contribution in [3.05, 3.63) is 29.8 Å². The molecular weight excluding hydrogens is 274 g/mol. The van der Waals surface area contributed by atoms with E-state index >= 15 is 0 Å². The SMILES string of the molecule is CC(=O)Nc1ccccc1CN1CCN(CCC(C)C)CC1. The summed E-state index contributed by atoms with van der Waals surface area (Å²) in [5.41, 5.74) is 2.14. The Hall–Kier alpha value is -1.39. The van der Waals surface area contributed by atoms with Gasteiger partial charge < -0.3 is 10.2 Å². The van der Waals surface area contributed by atoms with Crippen molar-refractivity contribution in [3.63, 3.8) is 0 Å². The van der Waals surface area contributed by atoms with Crippen molar-refractivity contribution in [3.8, 4) is 0 Å². The van der Waals surface area contributed by atoms with Crippen LogP contribution in [0.5, 0.6) is 0 Å². The fourth-order valence-corrected chi connectivity index (χ4v) is 2.82. The van der Waals surface area contributed by atoms with Gasteiger partial charge in [0.05, 0.1) is 0 Å². The van der Waals surface area contributed by atoms with Crippen LogP contribution >= 0.6 is 0 Å². The molecule has 1 aliphatic heterocycles. The molecule has 0 spiro atoms. The van der Waals surface area contributed by atoms with Gasteiger partial charge in [-0.15, -0.1) is 0 Å². The van der Waals surface area contributed by atoms with Crippen molar-refractivity contribution in [1.82, 2.24) is 9.80 Å². The molecule has 1 saturated heterocycles. The number of carbonyl (C=O) groups excluding carboxylic acids is 1. The number of nitrogens with zero attached hydrogens (tertiary/aromatic N) is 2. The Morgan fingerprint density at radius 1 is 1.14 bits per heavy atom. The van der Waals surface area contributed by atoms with E-state index in [1.54, 1.807) is 6.92 Å². The summed E-state index contributed by atoms with van der Waals surface area (Å²) in [5, 5.41) is 2.93. The molecule has 1 fully saturated rings. The van der Waals surface area contributed by atoms with Crippen LogP contribution in [0.25, 0.3) is 0 Å². The highest BCUT2D eigenvalue weighted by Gasteiger charge is 2.17. The van der Waals surface area contributed by atoms with E-state index in [0.717, 1.165) is 44.3 Å². The summed E-state index contributed by atoms with van der Waals surface area (Å²) in [5.74, 6) is 0.772. The van der Waals surface area contributed by atoms with Crippen molar-refractivity contribution in [2.24, 2.45) is 5.92 Å². The predicted octanol–water partition coefficient (Wildman–Crippen LogP) is 2.81. The van der Waals surface area contributed by atoms with Crippen LogP contribution in [-0.2, 0) is 11.3 Å². The van der Waals surface area contributed by atoms with Gasteiger partial charge in [-0.2, -0.15) is 0 Å². The highest BCUT2D eigenvalue weighted by atomic mass is 16.1. The van der Waals surface area contributed by atoms with Gasteiger partial charge in [-0.05, 0) is 30.5 Å². The summed E-state index contributed by atoms with van der Waals surface area (Å²) in [6.07, 6.45) is 1.28. The molecule has 4 nitrogen and oxygen atoms in total. The number of para-hydroxylation sites is 1. The summed E-state index contributed by atoms with van der Waals surface area (Å²) < 4.78 is 0. The Balaban J connectivity index is 1.84. The summed E-state index contributed by atoms with van der Waals surface area (Å²) in [7, 11) is 0. The lowest BCUT2D eigenvalue weighted by atomic mass is 10.1. The van der Waals surface area contributed by atoms with Gasteiger partial charge in [-0.1, -0.05) is 32.0 Å². The number of hydrogen-bond acceptors (Lipinski definition) is 3. The number of amides is 1. The highest BCUT2D eigenvalue weighted by Crippen LogP contribution is 2.18. The zero-order valence-electron chi connectivity index (χ0n) is 14.1. The number of piperazine rings is 1. The normalized spacial score (nSPS) is 16.9. The average Bonchev–Trinajstić information content (AvgIpc) is 2.48. The number of carbonyl (C=O) groups is 1. The first-order chi connectivity index (χ1) is 10.5. The lowest BCUT2D eigenvalue weighted by Crippen LogP contribution is -2.46. The molecule has 1 aromatic carbocycles. The van der Waals surface area contributed by atoms with Gasteiger partial charge in [0.1, 0.15) is 0 Å². The first-order valence-corrected chi connectivity index (χ1v) is 8.35. The molecule has 1 aliphatic rings. The van der Waals surface area contributed by atoms with E-state index in [1.807, 2.05) is 18.2 Å². The maximum Gasteiger partial charge on any atom is 0.221 e. The van der Waals surface area contributed by atoms with E-state index in [9.17, 15) is 4.79 Å². The average molecular weight is 303 g/mol. The molecule has 2 rings (SSSR count). The summed E-state index contributed by atoms with van der Waals surface area (Å²) in [4.78, 5) is 16.3. The molecule has 1 N–H and O–H groups in total. The minimum Gasteiger partial charge on any atom is -0.326 e. The molecule has 0 aliphatic carbocycles. The summed E-state index contributed by atoms with van der Waals surface area (Å²) >= 11 is 0. The smallest absolute Gasteiger partial charge is 0.221 e. The zero-order valence-corrected chi connectivity index (χ0v) is 14.1. The third kappa shape index (κ3) is 5.43. The molecule has 1 aromatic rings. The van der Waals surface area contributed by atoms with Crippen LogP contribution in [0, 0.1) is 5.92 Å². The molecule has 1 heterocycles. The Morgan fingerprint density at radius 3 is 2.41 bits per heavy atom. The monoisotopic (exact) mass is 303 g/mol. The largest absolute Gasteiger partial charge is 0.326 e. The van der Waals surface area contributed by atoms with Gasteiger partial charge in [-0.3, -0.25) is 9.69 Å². The molecule has 0 atom stereocenters. The maximum atomic E-state index is 11.3. The van der Waals surface area contributed by atoms with Crippen LogP contribution < -0.4 is 5.32 Å². The van der Waals surface area contributed by atoms with Crippen LogP contribution in [-0.4, -0.2) is 48.4 Å². The minimum atomic E-state index is -0.00838. The Morgan fingerprint density at radius 2 is 1.77 bits per heavy atom. The number of nitrogens with one attached hydrogen (secondary N) is 1. The Bertz CT molecular complexity index is 479. The fraction of sp³-hybridized carbons (Fsp3) is 0.611. The van der Waals surface area contributed by atoms with E-state index in [-0.39, 0.29) is 5.91 Å². The molecule has 0 aromatic heterocycles. The van der Waals surface area contributed by atoms with E-state index in [4.69, 9.17) is 0 Å². The molecule has 122 valence electrons. The Kier molecular flexibility index (Phi) is 6.40. The topological polar surface area (TPSA) is 35.6 Å². The van der Waals surface area contributed by atoms with E-state index in [2.05, 4.69) is 35.0 Å². The second-order valence-electron chi connectivity index (χ2n) is 6.64. The minimum absolute atomic E-state index is 0.00838. The molecule has 0 saturated carbocycles. The lowest BCUT2D eigenvalue weighted by Gasteiger charge is -2.35. The van der Waals surface area contributed by atoms with Crippen LogP contribution in [0.2, 0.25) is 0 Å². The molecule has 1 amide bonds. The second-order valence-corrected chi connectivity index (χ2v) is 6.64. The first-order valence-electron chi connectivity index (χ1n) is 8.35. The van der Waals surface area contributed by atoms with E-state index in [1.165, 1.54) is 18.5 Å². The van der Waals surface area contributed by atoms with E-state index < -0.39 is 0 Å².